The molecule has 1 heteroatoms. The molecule has 0 aliphatic rings. The summed E-state index contributed by atoms with van der Waals surface area (Å²) in [5, 5.41) is 0. The standard InChI is InChI=1S/C9H14O/c1-3-4-5-9-6-7-10-8(9)2/h6-7H,3-5H2,1-2H3. The molecule has 0 saturated heterocycles. The summed E-state index contributed by atoms with van der Waals surface area (Å²) >= 11 is 0. The summed E-state index contributed by atoms with van der Waals surface area (Å²) in [4.78, 5) is 0. The van der Waals surface area contributed by atoms with Gasteiger partial charge in [0.05, 0.1) is 6.26 Å². The highest BCUT2D eigenvalue weighted by molar-refractivity contribution is 5.15. The van der Waals surface area contributed by atoms with Gasteiger partial charge in [0.2, 0.25) is 0 Å². The number of aryl methyl sites for hydroxylation is 2. The quantitative estimate of drug-likeness (QED) is 0.626. The van der Waals surface area contributed by atoms with Gasteiger partial charge in [0, 0.05) is 0 Å². The van der Waals surface area contributed by atoms with Crippen LogP contribution >= 0.6 is 0 Å². The minimum absolute atomic E-state index is 1.08. The smallest absolute Gasteiger partial charge is 0.103 e. The summed E-state index contributed by atoms with van der Waals surface area (Å²) < 4.78 is 5.16. The minimum atomic E-state index is 1.08. The topological polar surface area (TPSA) is 13.1 Å². The van der Waals surface area contributed by atoms with Gasteiger partial charge in [0.25, 0.3) is 0 Å². The molecule has 0 spiro atoms. The van der Waals surface area contributed by atoms with Gasteiger partial charge in [-0.15, -0.1) is 0 Å². The highest BCUT2D eigenvalue weighted by Crippen LogP contribution is 2.11. The van der Waals surface area contributed by atoms with E-state index in [2.05, 4.69) is 13.0 Å². The van der Waals surface area contributed by atoms with Crippen molar-refractivity contribution in [3.63, 3.8) is 0 Å². The Morgan fingerprint density at radius 2 is 2.30 bits per heavy atom. The lowest BCUT2D eigenvalue weighted by molar-refractivity contribution is 0.528. The molecule has 0 unspecified atom stereocenters. The maximum Gasteiger partial charge on any atom is 0.103 e. The minimum Gasteiger partial charge on any atom is -0.469 e. The predicted molar refractivity (Wildman–Crippen MR) is 42.1 cm³/mol. The van der Waals surface area contributed by atoms with Crippen LogP contribution in [0.1, 0.15) is 31.1 Å². The predicted octanol–water partition coefficient (Wildman–Crippen LogP) is 2.93. The molecule has 0 aliphatic heterocycles. The lowest BCUT2D eigenvalue weighted by atomic mass is 10.1. The van der Waals surface area contributed by atoms with E-state index >= 15 is 0 Å². The van der Waals surface area contributed by atoms with Crippen molar-refractivity contribution in [2.24, 2.45) is 0 Å². The molecule has 0 fully saturated rings. The Bertz CT molecular complexity index is 188. The van der Waals surface area contributed by atoms with Gasteiger partial charge >= 0.3 is 0 Å². The van der Waals surface area contributed by atoms with Crippen LogP contribution in [0.3, 0.4) is 0 Å². The Hall–Kier alpha value is -0.720. The van der Waals surface area contributed by atoms with Crippen LogP contribution in [0.15, 0.2) is 16.7 Å². The first kappa shape index (κ1) is 7.39. The third kappa shape index (κ3) is 1.63. The van der Waals surface area contributed by atoms with Crippen LogP contribution in [0.25, 0.3) is 0 Å². The van der Waals surface area contributed by atoms with Gasteiger partial charge in [0.15, 0.2) is 0 Å². The SMILES string of the molecule is CCCCc1ccoc1C. The fraction of sp³-hybridized carbons (Fsp3) is 0.556. The summed E-state index contributed by atoms with van der Waals surface area (Å²) in [6, 6.07) is 2.06. The van der Waals surface area contributed by atoms with Crippen LogP contribution in [-0.4, -0.2) is 0 Å². The Kier molecular flexibility index (Phi) is 2.55. The highest BCUT2D eigenvalue weighted by Gasteiger charge is 1.98. The van der Waals surface area contributed by atoms with Crippen molar-refractivity contribution in [3.05, 3.63) is 23.7 Å². The molecule has 1 rings (SSSR count). The van der Waals surface area contributed by atoms with E-state index in [1.165, 1.54) is 24.8 Å². The molecule has 1 aromatic rings. The first-order chi connectivity index (χ1) is 4.84. The van der Waals surface area contributed by atoms with E-state index in [9.17, 15) is 0 Å². The van der Waals surface area contributed by atoms with Gasteiger partial charge in [-0.3, -0.25) is 0 Å². The van der Waals surface area contributed by atoms with E-state index in [0.717, 1.165) is 5.76 Å². The van der Waals surface area contributed by atoms with Crippen molar-refractivity contribution >= 4 is 0 Å². The molecule has 0 saturated carbocycles. The molecule has 1 aromatic heterocycles. The van der Waals surface area contributed by atoms with E-state index in [1.54, 1.807) is 6.26 Å². The summed E-state index contributed by atoms with van der Waals surface area (Å²) in [5.41, 5.74) is 1.36. The summed E-state index contributed by atoms with van der Waals surface area (Å²) in [6.07, 6.45) is 5.45. The number of unbranched alkanes of at least 4 members (excludes halogenated alkanes) is 1. The Morgan fingerprint density at radius 3 is 2.80 bits per heavy atom. The van der Waals surface area contributed by atoms with E-state index in [4.69, 9.17) is 4.42 Å². The van der Waals surface area contributed by atoms with Crippen molar-refractivity contribution in [2.75, 3.05) is 0 Å². The third-order valence-electron chi connectivity index (χ3n) is 1.77. The second-order valence-corrected chi connectivity index (χ2v) is 2.61. The zero-order chi connectivity index (χ0) is 7.40. The van der Waals surface area contributed by atoms with E-state index in [-0.39, 0.29) is 0 Å². The van der Waals surface area contributed by atoms with Gasteiger partial charge in [-0.05, 0) is 31.4 Å². The molecule has 10 heavy (non-hydrogen) atoms. The largest absolute Gasteiger partial charge is 0.469 e. The summed E-state index contributed by atoms with van der Waals surface area (Å²) in [5.74, 6) is 1.08. The van der Waals surface area contributed by atoms with E-state index in [0.29, 0.717) is 0 Å². The van der Waals surface area contributed by atoms with Gasteiger partial charge in [0.1, 0.15) is 5.76 Å². The molecule has 0 radical (unpaired) electrons. The maximum atomic E-state index is 5.16. The first-order valence-electron chi connectivity index (χ1n) is 3.87. The van der Waals surface area contributed by atoms with Crippen LogP contribution in [-0.2, 0) is 6.42 Å². The van der Waals surface area contributed by atoms with Crippen molar-refractivity contribution in [3.8, 4) is 0 Å². The van der Waals surface area contributed by atoms with Crippen LogP contribution in [0.2, 0.25) is 0 Å². The van der Waals surface area contributed by atoms with Crippen LogP contribution in [0, 0.1) is 6.92 Å². The monoisotopic (exact) mass is 138 g/mol. The zero-order valence-corrected chi connectivity index (χ0v) is 6.68. The molecule has 0 aromatic carbocycles. The first-order valence-corrected chi connectivity index (χ1v) is 3.87. The lowest BCUT2D eigenvalue weighted by Crippen LogP contribution is -1.82. The summed E-state index contributed by atoms with van der Waals surface area (Å²) in [7, 11) is 0. The van der Waals surface area contributed by atoms with Gasteiger partial charge < -0.3 is 4.42 Å². The molecule has 0 N–H and O–H groups in total. The normalized spacial score (nSPS) is 10.2. The third-order valence-corrected chi connectivity index (χ3v) is 1.77. The Morgan fingerprint density at radius 1 is 1.50 bits per heavy atom. The molecule has 1 heterocycles. The second-order valence-electron chi connectivity index (χ2n) is 2.61. The van der Waals surface area contributed by atoms with Crippen LogP contribution in [0.4, 0.5) is 0 Å². The molecular formula is C9H14O. The molecule has 56 valence electrons. The molecule has 1 nitrogen and oxygen atoms in total. The lowest BCUT2D eigenvalue weighted by Gasteiger charge is -1.94. The molecule has 0 amide bonds. The zero-order valence-electron chi connectivity index (χ0n) is 6.68. The molecule has 0 bridgehead atoms. The fourth-order valence-electron chi connectivity index (χ4n) is 1.04. The van der Waals surface area contributed by atoms with E-state index in [1.807, 2.05) is 6.92 Å². The molecular weight excluding hydrogens is 124 g/mol. The highest BCUT2D eigenvalue weighted by atomic mass is 16.3. The van der Waals surface area contributed by atoms with Gasteiger partial charge in [-0.25, -0.2) is 0 Å². The van der Waals surface area contributed by atoms with Gasteiger partial charge in [-0.2, -0.15) is 0 Å². The number of furan rings is 1. The summed E-state index contributed by atoms with van der Waals surface area (Å²) in [6.45, 7) is 4.22. The van der Waals surface area contributed by atoms with Crippen LogP contribution in [0.5, 0.6) is 0 Å². The van der Waals surface area contributed by atoms with Gasteiger partial charge in [-0.1, -0.05) is 13.3 Å². The Labute approximate surface area is 62.1 Å². The van der Waals surface area contributed by atoms with Crippen molar-refractivity contribution < 1.29 is 4.42 Å². The second kappa shape index (κ2) is 3.45. The fourth-order valence-corrected chi connectivity index (χ4v) is 1.04. The number of hydrogen-bond acceptors (Lipinski definition) is 1. The van der Waals surface area contributed by atoms with Crippen molar-refractivity contribution in [2.45, 2.75) is 33.1 Å². The number of hydrogen-bond donors (Lipinski definition) is 0. The average molecular weight is 138 g/mol. The van der Waals surface area contributed by atoms with E-state index < -0.39 is 0 Å². The van der Waals surface area contributed by atoms with Crippen LogP contribution < -0.4 is 0 Å². The van der Waals surface area contributed by atoms with Crippen molar-refractivity contribution in [1.29, 1.82) is 0 Å². The van der Waals surface area contributed by atoms with Crippen molar-refractivity contribution in [1.82, 2.24) is 0 Å². The number of rotatable bonds is 3. The maximum absolute atomic E-state index is 5.16. The average Bonchev–Trinajstić information content (AvgIpc) is 2.31. The molecule has 0 aliphatic carbocycles. The Balaban J connectivity index is 2.49. The molecule has 0 atom stereocenters.